The van der Waals surface area contributed by atoms with E-state index in [1.165, 1.54) is 0 Å². The van der Waals surface area contributed by atoms with Gasteiger partial charge in [-0.15, -0.1) is 0 Å². The molecular weight excluding hydrogens is 300 g/mol. The van der Waals surface area contributed by atoms with Gasteiger partial charge in [-0.1, -0.05) is 0 Å². The summed E-state index contributed by atoms with van der Waals surface area (Å²) in [6.07, 6.45) is 1.69. The van der Waals surface area contributed by atoms with E-state index in [1.54, 1.807) is 16.7 Å². The van der Waals surface area contributed by atoms with Gasteiger partial charge in [0.25, 0.3) is 0 Å². The highest BCUT2D eigenvalue weighted by molar-refractivity contribution is 7.99. The van der Waals surface area contributed by atoms with Crippen LogP contribution in [0.4, 0.5) is 4.79 Å². The molecule has 0 bridgehead atoms. The second-order valence-corrected chi connectivity index (χ2v) is 8.58. The van der Waals surface area contributed by atoms with Crippen LogP contribution in [0.25, 0.3) is 0 Å². The molecular formula is C16H34N2O3S. The lowest BCUT2D eigenvalue weighted by atomic mass is 10.1. The number of aliphatic hydroxyl groups is 1. The maximum absolute atomic E-state index is 12.4. The maximum atomic E-state index is 12.4. The fraction of sp³-hybridized carbons (Fsp3) is 0.938. The van der Waals surface area contributed by atoms with Gasteiger partial charge in [-0.2, -0.15) is 11.8 Å². The third-order valence-electron chi connectivity index (χ3n) is 3.27. The van der Waals surface area contributed by atoms with Crippen LogP contribution in [0, 0.1) is 0 Å². The summed E-state index contributed by atoms with van der Waals surface area (Å²) in [6, 6.07) is 0.181. The van der Waals surface area contributed by atoms with Crippen LogP contribution in [-0.2, 0) is 4.74 Å². The predicted octanol–water partition coefficient (Wildman–Crippen LogP) is 2.72. The van der Waals surface area contributed by atoms with Crippen molar-refractivity contribution >= 4 is 17.9 Å². The molecule has 0 saturated heterocycles. The summed E-state index contributed by atoms with van der Waals surface area (Å²) >= 11 is 1.64. The molecule has 0 saturated carbocycles. The van der Waals surface area contributed by atoms with Crippen molar-refractivity contribution in [2.24, 2.45) is 0 Å². The Balaban J connectivity index is 4.60. The average molecular weight is 335 g/mol. The second-order valence-electron chi connectivity index (χ2n) is 7.50. The highest BCUT2D eigenvalue weighted by atomic mass is 32.2. The van der Waals surface area contributed by atoms with Crippen molar-refractivity contribution in [3.05, 3.63) is 0 Å². The lowest BCUT2D eigenvalue weighted by Gasteiger charge is -2.37. The number of thioether (sulfide) groups is 1. The Morgan fingerprint density at radius 3 is 2.18 bits per heavy atom. The first-order chi connectivity index (χ1) is 9.92. The van der Waals surface area contributed by atoms with Crippen LogP contribution in [0.3, 0.4) is 0 Å². The molecule has 0 aliphatic heterocycles. The Bertz CT molecular complexity index is 333. The van der Waals surface area contributed by atoms with Gasteiger partial charge in [0, 0.05) is 29.9 Å². The van der Waals surface area contributed by atoms with Crippen molar-refractivity contribution in [1.29, 1.82) is 0 Å². The van der Waals surface area contributed by atoms with Crippen molar-refractivity contribution in [3.63, 3.8) is 0 Å². The van der Waals surface area contributed by atoms with Gasteiger partial charge in [-0.05, 0) is 54.7 Å². The summed E-state index contributed by atoms with van der Waals surface area (Å²) in [5.74, 6) is 0. The molecule has 0 radical (unpaired) electrons. The molecule has 0 aromatic rings. The smallest absolute Gasteiger partial charge is 0.410 e. The van der Waals surface area contributed by atoms with Crippen molar-refractivity contribution in [1.82, 2.24) is 10.2 Å². The molecule has 5 nitrogen and oxygen atoms in total. The molecule has 0 fully saturated rings. The summed E-state index contributed by atoms with van der Waals surface area (Å²) in [5.41, 5.74) is -0.800. The zero-order valence-electron chi connectivity index (χ0n) is 15.4. The first-order valence-corrected chi connectivity index (χ1v) is 9.09. The quantitative estimate of drug-likeness (QED) is 0.749. The highest BCUT2D eigenvalue weighted by Crippen LogP contribution is 2.18. The molecule has 2 unspecified atom stereocenters. The van der Waals surface area contributed by atoms with Gasteiger partial charge < -0.3 is 20.1 Å². The minimum Gasteiger partial charge on any atom is -0.444 e. The Kier molecular flexibility index (Phi) is 8.80. The standard InChI is InChI=1S/C16H34N2O3S/c1-12(13(11-19)22-8)17-9-10-18(15(2,3)4)14(20)21-16(5,6)7/h12-13,17,19H,9-11H2,1-8H3. The van der Waals surface area contributed by atoms with E-state index in [2.05, 4.69) is 5.32 Å². The second kappa shape index (κ2) is 8.99. The Morgan fingerprint density at radius 2 is 1.82 bits per heavy atom. The minimum absolute atomic E-state index is 0.143. The number of nitrogens with one attached hydrogen (secondary N) is 1. The molecule has 6 heteroatoms. The van der Waals surface area contributed by atoms with Crippen molar-refractivity contribution < 1.29 is 14.6 Å². The van der Waals surface area contributed by atoms with Crippen LogP contribution < -0.4 is 5.32 Å². The lowest BCUT2D eigenvalue weighted by molar-refractivity contribution is 0.00645. The SMILES string of the molecule is CSC(CO)C(C)NCCN(C(=O)OC(C)(C)C)C(C)(C)C. The van der Waals surface area contributed by atoms with Crippen LogP contribution in [-0.4, -0.2) is 64.5 Å². The van der Waals surface area contributed by atoms with Gasteiger partial charge in [-0.25, -0.2) is 4.79 Å². The molecule has 0 aliphatic carbocycles. The zero-order chi connectivity index (χ0) is 17.6. The van der Waals surface area contributed by atoms with E-state index in [1.807, 2.05) is 54.7 Å². The molecule has 0 aliphatic rings. The zero-order valence-corrected chi connectivity index (χ0v) is 16.2. The van der Waals surface area contributed by atoms with Crippen LogP contribution in [0.15, 0.2) is 0 Å². The summed E-state index contributed by atoms with van der Waals surface area (Å²) in [7, 11) is 0. The monoisotopic (exact) mass is 334 g/mol. The molecule has 0 aromatic carbocycles. The number of aliphatic hydroxyl groups excluding tert-OH is 1. The molecule has 1 amide bonds. The molecule has 2 N–H and O–H groups in total. The topological polar surface area (TPSA) is 61.8 Å². The number of nitrogens with zero attached hydrogens (tertiary/aromatic N) is 1. The largest absolute Gasteiger partial charge is 0.444 e. The van der Waals surface area contributed by atoms with Crippen LogP contribution in [0.2, 0.25) is 0 Å². The molecule has 0 rings (SSSR count). The first-order valence-electron chi connectivity index (χ1n) is 7.80. The number of hydrogen-bond donors (Lipinski definition) is 2. The molecule has 2 atom stereocenters. The molecule has 132 valence electrons. The number of carbonyl (C=O) groups excluding carboxylic acids is 1. The van der Waals surface area contributed by atoms with Crippen molar-refractivity contribution in [2.75, 3.05) is 26.0 Å². The summed E-state index contributed by atoms with van der Waals surface area (Å²) in [4.78, 5) is 14.1. The van der Waals surface area contributed by atoms with Gasteiger partial charge >= 0.3 is 6.09 Å². The van der Waals surface area contributed by atoms with Gasteiger partial charge in [0.1, 0.15) is 5.60 Å². The summed E-state index contributed by atoms with van der Waals surface area (Å²) < 4.78 is 5.49. The van der Waals surface area contributed by atoms with E-state index in [-0.39, 0.29) is 29.5 Å². The van der Waals surface area contributed by atoms with E-state index in [0.717, 1.165) is 0 Å². The van der Waals surface area contributed by atoms with Crippen LogP contribution in [0.1, 0.15) is 48.5 Å². The van der Waals surface area contributed by atoms with Gasteiger partial charge in [0.2, 0.25) is 0 Å². The van der Waals surface area contributed by atoms with E-state index in [0.29, 0.717) is 13.1 Å². The lowest BCUT2D eigenvalue weighted by Crippen LogP contribution is -2.51. The highest BCUT2D eigenvalue weighted by Gasteiger charge is 2.30. The normalized spacial score (nSPS) is 15.3. The van der Waals surface area contributed by atoms with E-state index < -0.39 is 5.60 Å². The van der Waals surface area contributed by atoms with Crippen LogP contribution >= 0.6 is 11.8 Å². The maximum Gasteiger partial charge on any atom is 0.410 e. The van der Waals surface area contributed by atoms with Gasteiger partial charge in [0.15, 0.2) is 0 Å². The summed E-state index contributed by atoms with van der Waals surface area (Å²) in [6.45, 7) is 15.0. The van der Waals surface area contributed by atoms with E-state index in [9.17, 15) is 9.90 Å². The summed E-state index contributed by atoms with van der Waals surface area (Å²) in [5, 5.41) is 12.8. The van der Waals surface area contributed by atoms with Crippen molar-refractivity contribution in [2.45, 2.75) is 70.9 Å². The fourth-order valence-electron chi connectivity index (χ4n) is 1.99. The molecule has 22 heavy (non-hydrogen) atoms. The van der Waals surface area contributed by atoms with E-state index >= 15 is 0 Å². The Hall–Kier alpha value is -0.460. The minimum atomic E-state index is -0.498. The number of hydrogen-bond acceptors (Lipinski definition) is 5. The number of carbonyl (C=O) groups is 1. The molecule has 0 aromatic heterocycles. The number of rotatable bonds is 7. The first kappa shape index (κ1) is 21.5. The fourth-order valence-corrected chi connectivity index (χ4v) is 2.64. The number of ether oxygens (including phenoxy) is 1. The molecule has 0 spiro atoms. The van der Waals surface area contributed by atoms with Gasteiger partial charge in [-0.3, -0.25) is 0 Å². The Morgan fingerprint density at radius 1 is 1.27 bits per heavy atom. The molecule has 0 heterocycles. The predicted molar refractivity (Wildman–Crippen MR) is 94.5 cm³/mol. The number of amides is 1. The third kappa shape index (κ3) is 8.25. The van der Waals surface area contributed by atoms with Crippen LogP contribution in [0.5, 0.6) is 0 Å². The van der Waals surface area contributed by atoms with E-state index in [4.69, 9.17) is 4.74 Å². The third-order valence-corrected chi connectivity index (χ3v) is 4.43. The van der Waals surface area contributed by atoms with Gasteiger partial charge in [0.05, 0.1) is 6.61 Å². The van der Waals surface area contributed by atoms with Crippen molar-refractivity contribution in [3.8, 4) is 0 Å². The average Bonchev–Trinajstić information content (AvgIpc) is 2.32. The Labute approximate surface area is 140 Å².